The predicted molar refractivity (Wildman–Crippen MR) is 62.2 cm³/mol. The fraction of sp³-hybridized carbons (Fsp3) is 0.417. The number of fused-ring (bicyclic) bond motifs is 1. The van der Waals surface area contributed by atoms with Gasteiger partial charge in [-0.15, -0.1) is 0 Å². The Morgan fingerprint density at radius 1 is 1.33 bits per heavy atom. The Hall–Kier alpha value is -1.51. The Morgan fingerprint density at radius 3 is 2.73 bits per heavy atom. The maximum atomic E-state index is 11.7. The smallest absolute Gasteiger partial charge is 0.249 e. The van der Waals surface area contributed by atoms with Gasteiger partial charge in [-0.2, -0.15) is 0 Å². The lowest BCUT2D eigenvalue weighted by atomic mass is 9.97. The quantitative estimate of drug-likeness (QED) is 0.737. The Balaban J connectivity index is 2.50. The van der Waals surface area contributed by atoms with E-state index in [2.05, 4.69) is 23.6 Å². The van der Waals surface area contributed by atoms with Crippen LogP contribution in [-0.4, -0.2) is 11.4 Å². The van der Waals surface area contributed by atoms with Crippen LogP contribution < -0.4 is 10.6 Å². The molecular formula is C12H16N2O. The molecule has 0 spiro atoms. The van der Waals surface area contributed by atoms with Crippen LogP contribution in [-0.2, 0) is 11.2 Å². The molecule has 1 aliphatic rings. The molecule has 0 unspecified atom stereocenters. The Morgan fingerprint density at radius 2 is 2.07 bits per heavy atom. The number of carbonyl (C=O) groups excluding carboxylic acids is 1. The van der Waals surface area contributed by atoms with E-state index >= 15 is 0 Å². The molecule has 0 radical (unpaired) electrons. The fourth-order valence-electron chi connectivity index (χ4n) is 1.79. The van der Waals surface area contributed by atoms with E-state index < -0.39 is 5.54 Å². The summed E-state index contributed by atoms with van der Waals surface area (Å²) in [6.07, 6.45) is 0.960. The van der Waals surface area contributed by atoms with Crippen LogP contribution in [0.2, 0.25) is 0 Å². The van der Waals surface area contributed by atoms with E-state index in [1.54, 1.807) is 0 Å². The molecule has 3 heteroatoms. The van der Waals surface area contributed by atoms with Crippen LogP contribution in [0.1, 0.15) is 26.3 Å². The lowest BCUT2D eigenvalue weighted by Crippen LogP contribution is -2.47. The van der Waals surface area contributed by atoms with Crippen molar-refractivity contribution >= 4 is 17.3 Å². The molecule has 1 aliphatic heterocycles. The average molecular weight is 204 g/mol. The second-order valence-corrected chi connectivity index (χ2v) is 4.40. The van der Waals surface area contributed by atoms with Crippen molar-refractivity contribution in [3.63, 3.8) is 0 Å². The first-order chi connectivity index (χ1) is 7.04. The van der Waals surface area contributed by atoms with Crippen LogP contribution in [0.15, 0.2) is 18.2 Å². The fourth-order valence-corrected chi connectivity index (χ4v) is 1.79. The van der Waals surface area contributed by atoms with E-state index in [0.717, 1.165) is 17.8 Å². The Kier molecular flexibility index (Phi) is 2.18. The van der Waals surface area contributed by atoms with Crippen LogP contribution >= 0.6 is 0 Å². The number of nitrogens with one attached hydrogen (secondary N) is 2. The number of hydrogen-bond donors (Lipinski definition) is 2. The summed E-state index contributed by atoms with van der Waals surface area (Å²) < 4.78 is 0. The van der Waals surface area contributed by atoms with Crippen LogP contribution in [0.5, 0.6) is 0 Å². The summed E-state index contributed by atoms with van der Waals surface area (Å²) in [4.78, 5) is 11.7. The summed E-state index contributed by atoms with van der Waals surface area (Å²) in [7, 11) is 0. The van der Waals surface area contributed by atoms with Crippen LogP contribution in [0, 0.1) is 0 Å². The minimum atomic E-state index is -0.529. The molecule has 0 saturated heterocycles. The second-order valence-electron chi connectivity index (χ2n) is 4.40. The summed E-state index contributed by atoms with van der Waals surface area (Å²) >= 11 is 0. The number of hydrogen-bond acceptors (Lipinski definition) is 2. The van der Waals surface area contributed by atoms with Gasteiger partial charge in [0.15, 0.2) is 0 Å². The zero-order valence-corrected chi connectivity index (χ0v) is 9.35. The van der Waals surface area contributed by atoms with E-state index in [1.807, 2.05) is 26.0 Å². The molecule has 15 heavy (non-hydrogen) atoms. The molecule has 80 valence electrons. The van der Waals surface area contributed by atoms with Gasteiger partial charge in [0.1, 0.15) is 5.54 Å². The highest BCUT2D eigenvalue weighted by molar-refractivity contribution is 6.05. The van der Waals surface area contributed by atoms with Crippen molar-refractivity contribution in [3.8, 4) is 0 Å². The summed E-state index contributed by atoms with van der Waals surface area (Å²) in [6.45, 7) is 5.89. The van der Waals surface area contributed by atoms with Crippen molar-refractivity contribution in [2.24, 2.45) is 0 Å². The number of aryl methyl sites for hydroxylation is 1. The standard InChI is InChI=1S/C12H16N2O/c1-4-8-6-5-7-9-10(8)14-12(2,3)11(15)13-9/h5-7,14H,4H2,1-3H3,(H,13,15). The number of benzene rings is 1. The zero-order chi connectivity index (χ0) is 11.1. The maximum Gasteiger partial charge on any atom is 0.249 e. The monoisotopic (exact) mass is 204 g/mol. The number of carbonyl (C=O) groups is 1. The molecule has 1 amide bonds. The van der Waals surface area contributed by atoms with E-state index in [-0.39, 0.29) is 5.91 Å². The summed E-state index contributed by atoms with van der Waals surface area (Å²) in [5.74, 6) is 0.0169. The highest BCUT2D eigenvalue weighted by atomic mass is 16.2. The summed E-state index contributed by atoms with van der Waals surface area (Å²) in [5.41, 5.74) is 2.65. The van der Waals surface area contributed by atoms with Gasteiger partial charge in [-0.25, -0.2) is 0 Å². The molecule has 2 N–H and O–H groups in total. The molecule has 0 atom stereocenters. The van der Waals surface area contributed by atoms with Crippen LogP contribution in [0.25, 0.3) is 0 Å². The second kappa shape index (κ2) is 3.26. The van der Waals surface area contributed by atoms with Gasteiger partial charge in [0, 0.05) is 0 Å². The topological polar surface area (TPSA) is 41.1 Å². The third-order valence-corrected chi connectivity index (χ3v) is 2.79. The molecule has 1 aromatic carbocycles. The third-order valence-electron chi connectivity index (χ3n) is 2.79. The molecule has 1 heterocycles. The van der Waals surface area contributed by atoms with E-state index in [4.69, 9.17) is 0 Å². The lowest BCUT2D eigenvalue weighted by molar-refractivity contribution is -0.119. The number of amides is 1. The Bertz CT molecular complexity index is 410. The number of rotatable bonds is 1. The molecule has 0 saturated carbocycles. The molecule has 0 fully saturated rings. The first-order valence-corrected chi connectivity index (χ1v) is 5.26. The van der Waals surface area contributed by atoms with Crippen molar-refractivity contribution in [1.29, 1.82) is 0 Å². The van der Waals surface area contributed by atoms with Gasteiger partial charge in [0.05, 0.1) is 11.4 Å². The summed E-state index contributed by atoms with van der Waals surface area (Å²) in [6, 6.07) is 5.98. The molecule has 0 bridgehead atoms. The van der Waals surface area contributed by atoms with Gasteiger partial charge >= 0.3 is 0 Å². The van der Waals surface area contributed by atoms with Gasteiger partial charge in [0.25, 0.3) is 0 Å². The highest BCUT2D eigenvalue weighted by Gasteiger charge is 2.33. The predicted octanol–water partition coefficient (Wildman–Crippen LogP) is 2.39. The van der Waals surface area contributed by atoms with Crippen LogP contribution in [0.4, 0.5) is 11.4 Å². The first kappa shape index (κ1) is 10.0. The minimum absolute atomic E-state index is 0.0169. The normalized spacial score (nSPS) is 17.7. The van der Waals surface area contributed by atoms with E-state index in [0.29, 0.717) is 0 Å². The largest absolute Gasteiger partial charge is 0.370 e. The van der Waals surface area contributed by atoms with Crippen molar-refractivity contribution in [3.05, 3.63) is 23.8 Å². The van der Waals surface area contributed by atoms with Crippen molar-refractivity contribution < 1.29 is 4.79 Å². The van der Waals surface area contributed by atoms with Gasteiger partial charge in [-0.3, -0.25) is 4.79 Å². The van der Waals surface area contributed by atoms with Gasteiger partial charge in [0.2, 0.25) is 5.91 Å². The number of para-hydroxylation sites is 1. The lowest BCUT2D eigenvalue weighted by Gasteiger charge is -2.34. The van der Waals surface area contributed by atoms with Gasteiger partial charge < -0.3 is 10.6 Å². The SMILES string of the molecule is CCc1cccc2c1NC(C)(C)C(=O)N2. The maximum absolute atomic E-state index is 11.7. The van der Waals surface area contributed by atoms with Crippen molar-refractivity contribution in [1.82, 2.24) is 0 Å². The zero-order valence-electron chi connectivity index (χ0n) is 9.35. The minimum Gasteiger partial charge on any atom is -0.370 e. The van der Waals surface area contributed by atoms with Gasteiger partial charge in [-0.1, -0.05) is 19.1 Å². The van der Waals surface area contributed by atoms with Crippen LogP contribution in [0.3, 0.4) is 0 Å². The van der Waals surface area contributed by atoms with Crippen molar-refractivity contribution in [2.45, 2.75) is 32.7 Å². The average Bonchev–Trinajstić information content (AvgIpc) is 2.18. The molecule has 1 aromatic rings. The highest BCUT2D eigenvalue weighted by Crippen LogP contribution is 2.33. The van der Waals surface area contributed by atoms with Gasteiger partial charge in [-0.05, 0) is 31.9 Å². The Labute approximate surface area is 89.9 Å². The number of anilines is 2. The molecule has 3 nitrogen and oxygen atoms in total. The summed E-state index contributed by atoms with van der Waals surface area (Å²) in [5, 5.41) is 6.22. The van der Waals surface area contributed by atoms with E-state index in [9.17, 15) is 4.79 Å². The first-order valence-electron chi connectivity index (χ1n) is 5.26. The molecular weight excluding hydrogens is 188 g/mol. The molecule has 0 aliphatic carbocycles. The molecule has 2 rings (SSSR count). The van der Waals surface area contributed by atoms with Crippen molar-refractivity contribution in [2.75, 3.05) is 10.6 Å². The van der Waals surface area contributed by atoms with E-state index in [1.165, 1.54) is 5.56 Å². The molecule has 0 aromatic heterocycles. The third kappa shape index (κ3) is 1.58.